The molecular formula is C11H21N3O2. The Morgan fingerprint density at radius 1 is 1.50 bits per heavy atom. The lowest BCUT2D eigenvalue weighted by atomic mass is 10.2. The van der Waals surface area contributed by atoms with Crippen molar-refractivity contribution < 1.29 is 9.59 Å². The molecule has 1 aliphatic heterocycles. The van der Waals surface area contributed by atoms with E-state index in [4.69, 9.17) is 0 Å². The average molecular weight is 227 g/mol. The number of amides is 2. The maximum Gasteiger partial charge on any atom is 0.242 e. The lowest BCUT2D eigenvalue weighted by molar-refractivity contribution is -0.142. The molecule has 16 heavy (non-hydrogen) atoms. The Kier molecular flexibility index (Phi) is 4.73. The molecule has 0 aliphatic carbocycles. The molecule has 0 bridgehead atoms. The van der Waals surface area contributed by atoms with E-state index in [-0.39, 0.29) is 24.4 Å². The number of piperazine rings is 1. The Hall–Kier alpha value is -1.10. The van der Waals surface area contributed by atoms with Gasteiger partial charge in [-0.1, -0.05) is 0 Å². The molecule has 0 aromatic carbocycles. The van der Waals surface area contributed by atoms with Gasteiger partial charge in [-0.3, -0.25) is 9.59 Å². The largest absolute Gasteiger partial charge is 0.342 e. The van der Waals surface area contributed by atoms with Gasteiger partial charge in [0, 0.05) is 26.2 Å². The fraction of sp³-hybridized carbons (Fsp3) is 0.818. The van der Waals surface area contributed by atoms with Crippen LogP contribution in [0, 0.1) is 0 Å². The van der Waals surface area contributed by atoms with E-state index >= 15 is 0 Å². The number of hydrogen-bond acceptors (Lipinski definition) is 3. The average Bonchev–Trinajstić information content (AvgIpc) is 2.26. The van der Waals surface area contributed by atoms with E-state index < -0.39 is 0 Å². The van der Waals surface area contributed by atoms with Gasteiger partial charge in [-0.2, -0.15) is 0 Å². The van der Waals surface area contributed by atoms with Gasteiger partial charge in [-0.05, 0) is 20.8 Å². The van der Waals surface area contributed by atoms with Gasteiger partial charge < -0.3 is 15.1 Å². The van der Waals surface area contributed by atoms with E-state index in [1.165, 1.54) is 0 Å². The van der Waals surface area contributed by atoms with Crippen LogP contribution < -0.4 is 5.32 Å². The molecule has 1 saturated heterocycles. The second-order valence-corrected chi connectivity index (χ2v) is 4.00. The van der Waals surface area contributed by atoms with Crippen molar-refractivity contribution in [2.45, 2.75) is 26.8 Å². The highest BCUT2D eigenvalue weighted by atomic mass is 16.2. The minimum absolute atomic E-state index is 0.0201. The van der Waals surface area contributed by atoms with E-state index in [0.29, 0.717) is 19.6 Å². The van der Waals surface area contributed by atoms with Crippen LogP contribution in [0.5, 0.6) is 0 Å². The Morgan fingerprint density at radius 2 is 2.12 bits per heavy atom. The third kappa shape index (κ3) is 2.95. The zero-order chi connectivity index (χ0) is 12.1. The Morgan fingerprint density at radius 3 is 2.69 bits per heavy atom. The fourth-order valence-corrected chi connectivity index (χ4v) is 1.88. The second-order valence-electron chi connectivity index (χ2n) is 4.00. The van der Waals surface area contributed by atoms with Crippen molar-refractivity contribution in [1.29, 1.82) is 0 Å². The normalized spacial score (nSPS) is 21.1. The Labute approximate surface area is 96.8 Å². The quantitative estimate of drug-likeness (QED) is 0.716. The minimum atomic E-state index is -0.168. The van der Waals surface area contributed by atoms with Gasteiger partial charge in [0.05, 0.1) is 12.6 Å². The number of carbonyl (C=O) groups is 2. The van der Waals surface area contributed by atoms with Gasteiger partial charge in [0.25, 0.3) is 0 Å². The molecule has 1 rings (SSSR count). The standard InChI is InChI=1S/C11H21N3O2/c1-4-13(5-2)10(15)8-14-7-6-12-9(3)11(14)16/h9,12H,4-8H2,1-3H3. The number of hydrogen-bond donors (Lipinski definition) is 1. The zero-order valence-corrected chi connectivity index (χ0v) is 10.3. The van der Waals surface area contributed by atoms with Crippen LogP contribution >= 0.6 is 0 Å². The van der Waals surface area contributed by atoms with Crippen LogP contribution in [0.4, 0.5) is 0 Å². The molecule has 1 fully saturated rings. The molecule has 1 unspecified atom stereocenters. The summed E-state index contributed by atoms with van der Waals surface area (Å²) in [4.78, 5) is 27.0. The molecule has 1 atom stereocenters. The molecule has 0 aromatic heterocycles. The molecule has 92 valence electrons. The first kappa shape index (κ1) is 13.0. The summed E-state index contributed by atoms with van der Waals surface area (Å²) in [5, 5.41) is 3.08. The van der Waals surface area contributed by atoms with E-state index in [1.54, 1.807) is 9.80 Å². The SMILES string of the molecule is CCN(CC)C(=O)CN1CCNC(C)C1=O. The highest BCUT2D eigenvalue weighted by Gasteiger charge is 2.26. The third-order valence-corrected chi connectivity index (χ3v) is 2.96. The van der Waals surface area contributed by atoms with Crippen molar-refractivity contribution in [3.63, 3.8) is 0 Å². The number of nitrogens with zero attached hydrogens (tertiary/aromatic N) is 2. The summed E-state index contributed by atoms with van der Waals surface area (Å²) < 4.78 is 0. The van der Waals surface area contributed by atoms with Crippen molar-refractivity contribution in [3.8, 4) is 0 Å². The predicted octanol–water partition coefficient (Wildman–Crippen LogP) is -0.325. The second kappa shape index (κ2) is 5.84. The molecular weight excluding hydrogens is 206 g/mol. The van der Waals surface area contributed by atoms with E-state index in [1.807, 2.05) is 20.8 Å². The van der Waals surface area contributed by atoms with Crippen LogP contribution in [0.2, 0.25) is 0 Å². The first-order valence-corrected chi connectivity index (χ1v) is 5.90. The van der Waals surface area contributed by atoms with Crippen molar-refractivity contribution in [3.05, 3.63) is 0 Å². The van der Waals surface area contributed by atoms with Crippen LogP contribution in [0.3, 0.4) is 0 Å². The third-order valence-electron chi connectivity index (χ3n) is 2.96. The molecule has 5 heteroatoms. The summed E-state index contributed by atoms with van der Waals surface area (Å²) >= 11 is 0. The summed E-state index contributed by atoms with van der Waals surface area (Å²) in [6.07, 6.45) is 0. The predicted molar refractivity (Wildman–Crippen MR) is 62.0 cm³/mol. The van der Waals surface area contributed by atoms with Gasteiger partial charge in [0.1, 0.15) is 0 Å². The molecule has 2 amide bonds. The fourth-order valence-electron chi connectivity index (χ4n) is 1.88. The lowest BCUT2D eigenvalue weighted by Crippen LogP contribution is -2.56. The molecule has 0 aromatic rings. The maximum absolute atomic E-state index is 11.8. The van der Waals surface area contributed by atoms with E-state index in [2.05, 4.69) is 5.32 Å². The van der Waals surface area contributed by atoms with Crippen molar-refractivity contribution >= 4 is 11.8 Å². The first-order chi connectivity index (χ1) is 7.60. The summed E-state index contributed by atoms with van der Waals surface area (Å²) in [6, 6.07) is -0.168. The molecule has 5 nitrogen and oxygen atoms in total. The van der Waals surface area contributed by atoms with Gasteiger partial charge in [0.2, 0.25) is 11.8 Å². The monoisotopic (exact) mass is 227 g/mol. The van der Waals surface area contributed by atoms with Crippen molar-refractivity contribution in [2.75, 3.05) is 32.7 Å². The topological polar surface area (TPSA) is 52.7 Å². The van der Waals surface area contributed by atoms with Gasteiger partial charge in [0.15, 0.2) is 0 Å². The summed E-state index contributed by atoms with van der Waals surface area (Å²) in [7, 11) is 0. The van der Waals surface area contributed by atoms with E-state index in [0.717, 1.165) is 6.54 Å². The van der Waals surface area contributed by atoms with Crippen LogP contribution in [-0.4, -0.2) is 60.4 Å². The van der Waals surface area contributed by atoms with Crippen molar-refractivity contribution in [1.82, 2.24) is 15.1 Å². The zero-order valence-electron chi connectivity index (χ0n) is 10.3. The lowest BCUT2D eigenvalue weighted by Gasteiger charge is -2.32. The molecule has 1 aliphatic rings. The number of carbonyl (C=O) groups excluding carboxylic acids is 2. The highest BCUT2D eigenvalue weighted by Crippen LogP contribution is 2.02. The van der Waals surface area contributed by atoms with Crippen molar-refractivity contribution in [2.24, 2.45) is 0 Å². The maximum atomic E-state index is 11.8. The van der Waals surface area contributed by atoms with E-state index in [9.17, 15) is 9.59 Å². The highest BCUT2D eigenvalue weighted by molar-refractivity contribution is 5.87. The minimum Gasteiger partial charge on any atom is -0.342 e. The molecule has 1 N–H and O–H groups in total. The van der Waals surface area contributed by atoms with Crippen LogP contribution in [-0.2, 0) is 9.59 Å². The molecule has 0 spiro atoms. The number of likely N-dealkylation sites (N-methyl/N-ethyl adjacent to an activating group) is 1. The molecule has 0 radical (unpaired) electrons. The van der Waals surface area contributed by atoms with Gasteiger partial charge in [-0.15, -0.1) is 0 Å². The Balaban J connectivity index is 2.52. The number of nitrogens with one attached hydrogen (secondary N) is 1. The summed E-state index contributed by atoms with van der Waals surface area (Å²) in [6.45, 7) is 8.72. The summed E-state index contributed by atoms with van der Waals surface area (Å²) in [5.74, 6) is 0.0548. The van der Waals surface area contributed by atoms with Gasteiger partial charge in [-0.25, -0.2) is 0 Å². The van der Waals surface area contributed by atoms with Crippen LogP contribution in [0.1, 0.15) is 20.8 Å². The van der Waals surface area contributed by atoms with Crippen LogP contribution in [0.25, 0.3) is 0 Å². The first-order valence-electron chi connectivity index (χ1n) is 5.90. The molecule has 1 heterocycles. The molecule has 0 saturated carbocycles. The Bertz CT molecular complexity index is 264. The van der Waals surface area contributed by atoms with Gasteiger partial charge >= 0.3 is 0 Å². The number of rotatable bonds is 4. The van der Waals surface area contributed by atoms with Crippen LogP contribution in [0.15, 0.2) is 0 Å². The summed E-state index contributed by atoms with van der Waals surface area (Å²) in [5.41, 5.74) is 0. The smallest absolute Gasteiger partial charge is 0.242 e.